The summed E-state index contributed by atoms with van der Waals surface area (Å²) in [5, 5.41) is 6.15. The van der Waals surface area contributed by atoms with Crippen LogP contribution in [-0.2, 0) is 31.1 Å². The van der Waals surface area contributed by atoms with E-state index < -0.39 is 35.2 Å². The molecule has 0 aliphatic carbocycles. The number of imide groups is 1. The van der Waals surface area contributed by atoms with Crippen LogP contribution in [0.4, 0.5) is 5.69 Å². The Balaban J connectivity index is 1.46. The summed E-state index contributed by atoms with van der Waals surface area (Å²) in [6.07, 6.45) is 0.690. The Morgan fingerprint density at radius 2 is 1.81 bits per heavy atom. The Kier molecular flexibility index (Phi) is 5.91. The van der Waals surface area contributed by atoms with Crippen molar-refractivity contribution in [3.05, 3.63) is 53.6 Å². The fourth-order valence-corrected chi connectivity index (χ4v) is 5.86. The quantitative estimate of drug-likeness (QED) is 0.466. The number of fused-ring (bicyclic) bond motifs is 4. The van der Waals surface area contributed by atoms with Crippen molar-refractivity contribution in [2.24, 2.45) is 17.6 Å². The first kappa shape index (κ1) is 23.8. The molecular formula is C26H28N4O6. The lowest BCUT2D eigenvalue weighted by atomic mass is 9.76. The van der Waals surface area contributed by atoms with Gasteiger partial charge in [0.1, 0.15) is 5.54 Å². The number of hydrogen-bond acceptors (Lipinski definition) is 7. The zero-order valence-electron chi connectivity index (χ0n) is 20.1. The number of carbonyl (C=O) groups is 4. The van der Waals surface area contributed by atoms with Gasteiger partial charge in [-0.3, -0.25) is 29.4 Å². The van der Waals surface area contributed by atoms with Crippen molar-refractivity contribution in [3.63, 3.8) is 0 Å². The minimum absolute atomic E-state index is 0.0351. The second-order valence-corrected chi connectivity index (χ2v) is 9.33. The summed E-state index contributed by atoms with van der Waals surface area (Å²) in [4.78, 5) is 53.6. The molecule has 5 rings (SSSR count). The van der Waals surface area contributed by atoms with Crippen LogP contribution in [0.1, 0.15) is 24.0 Å². The fraction of sp³-hybridized carbons (Fsp3) is 0.385. The second kappa shape index (κ2) is 8.94. The number of primary amides is 1. The van der Waals surface area contributed by atoms with Crippen LogP contribution in [0.25, 0.3) is 0 Å². The van der Waals surface area contributed by atoms with Crippen molar-refractivity contribution in [2.75, 3.05) is 26.1 Å². The average Bonchev–Trinajstić information content (AvgIpc) is 3.45. The minimum Gasteiger partial charge on any atom is -0.493 e. The lowest BCUT2D eigenvalue weighted by molar-refractivity contribution is -0.142. The van der Waals surface area contributed by atoms with E-state index in [9.17, 15) is 19.2 Å². The zero-order chi connectivity index (χ0) is 25.6. The van der Waals surface area contributed by atoms with E-state index in [1.165, 1.54) is 4.90 Å². The lowest BCUT2D eigenvalue weighted by Crippen LogP contribution is -2.53. The highest BCUT2D eigenvalue weighted by Gasteiger charge is 2.70. The molecule has 0 saturated carbocycles. The summed E-state index contributed by atoms with van der Waals surface area (Å²) in [5.74, 6) is -2.18. The number of methoxy groups -OCH3 is 2. The van der Waals surface area contributed by atoms with Crippen LogP contribution in [0.3, 0.4) is 0 Å². The van der Waals surface area contributed by atoms with Gasteiger partial charge < -0.3 is 20.5 Å². The number of amides is 4. The molecule has 188 valence electrons. The molecule has 1 spiro atoms. The number of benzene rings is 2. The number of nitrogens with zero attached hydrogens (tertiary/aromatic N) is 1. The molecule has 4 N–H and O–H groups in total. The Hall–Kier alpha value is -3.92. The summed E-state index contributed by atoms with van der Waals surface area (Å²) < 4.78 is 10.6. The van der Waals surface area contributed by atoms with E-state index in [1.807, 2.05) is 12.1 Å². The van der Waals surface area contributed by atoms with E-state index >= 15 is 0 Å². The molecule has 2 aromatic rings. The molecule has 4 amide bonds. The molecule has 2 saturated heterocycles. The monoisotopic (exact) mass is 492 g/mol. The number of likely N-dealkylation sites (tertiary alicyclic amines) is 1. The van der Waals surface area contributed by atoms with Gasteiger partial charge in [0, 0.05) is 30.3 Å². The van der Waals surface area contributed by atoms with Crippen LogP contribution in [-0.4, -0.2) is 55.3 Å². The molecule has 0 radical (unpaired) electrons. The summed E-state index contributed by atoms with van der Waals surface area (Å²) in [5.41, 5.74) is 6.10. The number of hydrogen-bond donors (Lipinski definition) is 3. The van der Waals surface area contributed by atoms with Crippen LogP contribution in [0.5, 0.6) is 11.5 Å². The Morgan fingerprint density at radius 3 is 2.53 bits per heavy atom. The Morgan fingerprint density at radius 1 is 1.06 bits per heavy atom. The van der Waals surface area contributed by atoms with Crippen LogP contribution in [0.15, 0.2) is 42.5 Å². The van der Waals surface area contributed by atoms with Crippen molar-refractivity contribution in [3.8, 4) is 11.5 Å². The first-order valence-electron chi connectivity index (χ1n) is 11.8. The van der Waals surface area contributed by atoms with Crippen molar-refractivity contribution < 1.29 is 28.7 Å². The van der Waals surface area contributed by atoms with E-state index in [4.69, 9.17) is 15.2 Å². The molecule has 0 unspecified atom stereocenters. The molecule has 3 heterocycles. The van der Waals surface area contributed by atoms with E-state index in [1.54, 1.807) is 44.6 Å². The third kappa shape index (κ3) is 3.51. The molecule has 0 aromatic heterocycles. The van der Waals surface area contributed by atoms with Crippen molar-refractivity contribution >= 4 is 29.3 Å². The maximum atomic E-state index is 13.8. The lowest BCUT2D eigenvalue weighted by Gasteiger charge is -2.29. The van der Waals surface area contributed by atoms with E-state index in [0.29, 0.717) is 29.2 Å². The smallest absolute Gasteiger partial charge is 0.250 e. The van der Waals surface area contributed by atoms with Crippen LogP contribution < -0.4 is 25.8 Å². The Bertz CT molecular complexity index is 1260. The van der Waals surface area contributed by atoms with E-state index in [0.717, 1.165) is 5.56 Å². The molecule has 4 atom stereocenters. The third-order valence-corrected chi connectivity index (χ3v) is 7.49. The van der Waals surface area contributed by atoms with E-state index in [2.05, 4.69) is 10.6 Å². The van der Waals surface area contributed by atoms with Gasteiger partial charge in [0.15, 0.2) is 11.5 Å². The summed E-state index contributed by atoms with van der Waals surface area (Å²) in [6, 6.07) is 12.0. The molecule has 36 heavy (non-hydrogen) atoms. The highest BCUT2D eigenvalue weighted by molar-refractivity contribution is 6.15. The molecule has 10 heteroatoms. The van der Waals surface area contributed by atoms with Crippen molar-refractivity contribution in [1.29, 1.82) is 0 Å². The molecule has 10 nitrogen and oxygen atoms in total. The second-order valence-electron chi connectivity index (χ2n) is 9.33. The van der Waals surface area contributed by atoms with E-state index in [-0.39, 0.29) is 31.2 Å². The molecular weight excluding hydrogens is 464 g/mol. The topological polar surface area (TPSA) is 140 Å². The molecule has 2 aromatic carbocycles. The highest BCUT2D eigenvalue weighted by Crippen LogP contribution is 2.53. The van der Waals surface area contributed by atoms with Crippen LogP contribution in [0.2, 0.25) is 0 Å². The molecule has 2 fully saturated rings. The number of nitrogens with two attached hydrogens (primary N) is 1. The van der Waals surface area contributed by atoms with Crippen LogP contribution >= 0.6 is 0 Å². The summed E-state index contributed by atoms with van der Waals surface area (Å²) in [6.45, 7) is 0.155. The summed E-state index contributed by atoms with van der Waals surface area (Å²) in [7, 11) is 3.09. The molecule has 0 bridgehead atoms. The predicted molar refractivity (Wildman–Crippen MR) is 129 cm³/mol. The highest BCUT2D eigenvalue weighted by atomic mass is 16.5. The first-order valence-corrected chi connectivity index (χ1v) is 11.8. The van der Waals surface area contributed by atoms with Gasteiger partial charge in [-0.05, 0) is 36.6 Å². The predicted octanol–water partition coefficient (Wildman–Crippen LogP) is 0.932. The minimum atomic E-state index is -1.38. The van der Waals surface area contributed by atoms with Gasteiger partial charge in [-0.25, -0.2) is 0 Å². The van der Waals surface area contributed by atoms with Gasteiger partial charge in [0.2, 0.25) is 23.6 Å². The number of nitrogens with one attached hydrogen (secondary N) is 2. The number of para-hydroxylation sites is 1. The zero-order valence-corrected chi connectivity index (χ0v) is 20.1. The van der Waals surface area contributed by atoms with Gasteiger partial charge in [0.05, 0.1) is 26.1 Å². The maximum Gasteiger partial charge on any atom is 0.250 e. The molecule has 3 aliphatic rings. The standard InChI is InChI=1S/C26H28N4O6/c1-35-18-9-7-14(13-19(18)36-2)11-12-30-23(32)21-17(8-10-20(27)31)29-26(22(21)24(30)33)15-5-3-4-6-16(15)28-25(26)34/h3-7,9,13,17,21-22,29H,8,10-12H2,1-2H3,(H2,27,31)(H,28,34)/t17-,21-,22+,26+/m1/s1. The fourth-order valence-electron chi connectivity index (χ4n) is 5.86. The van der Waals surface area contributed by atoms with Crippen LogP contribution in [0, 0.1) is 11.8 Å². The average molecular weight is 493 g/mol. The largest absolute Gasteiger partial charge is 0.493 e. The Labute approximate surface area is 208 Å². The number of ether oxygens (including phenoxy) is 2. The number of carbonyl (C=O) groups excluding carboxylic acids is 4. The van der Waals surface area contributed by atoms with Gasteiger partial charge in [-0.1, -0.05) is 24.3 Å². The van der Waals surface area contributed by atoms with Gasteiger partial charge in [-0.2, -0.15) is 0 Å². The SMILES string of the molecule is COc1ccc(CCN2C(=O)[C@H]3[C@@H](C2=O)[C@]2(N[C@@H]3CCC(N)=O)C(=O)Nc3ccccc32)cc1OC. The van der Waals surface area contributed by atoms with Gasteiger partial charge >= 0.3 is 0 Å². The van der Waals surface area contributed by atoms with Gasteiger partial charge in [-0.15, -0.1) is 0 Å². The van der Waals surface area contributed by atoms with Crippen molar-refractivity contribution in [2.45, 2.75) is 30.8 Å². The first-order chi connectivity index (χ1) is 17.3. The third-order valence-electron chi connectivity index (χ3n) is 7.49. The number of anilines is 1. The van der Waals surface area contributed by atoms with Gasteiger partial charge in [0.25, 0.3) is 0 Å². The maximum absolute atomic E-state index is 13.8. The molecule has 3 aliphatic heterocycles. The van der Waals surface area contributed by atoms with Crippen molar-refractivity contribution in [1.82, 2.24) is 10.2 Å². The summed E-state index contributed by atoms with van der Waals surface area (Å²) >= 11 is 0. The number of rotatable bonds is 8. The normalized spacial score (nSPS) is 26.2.